The molecule has 0 aliphatic rings. The number of hydrogen-bond acceptors (Lipinski definition) is 3. The van der Waals surface area contributed by atoms with Crippen LogP contribution in [0.4, 0.5) is 18.9 Å². The largest absolute Gasteiger partial charge is 0.482 e. The van der Waals surface area contributed by atoms with Crippen molar-refractivity contribution in [2.45, 2.75) is 20.0 Å². The van der Waals surface area contributed by atoms with Crippen LogP contribution in [0.3, 0.4) is 0 Å². The third kappa shape index (κ3) is 5.69. The van der Waals surface area contributed by atoms with Gasteiger partial charge in [-0.1, -0.05) is 26.0 Å². The Labute approximate surface area is 117 Å². The molecule has 3 N–H and O–H groups in total. The Hall–Kier alpha value is -1.43. The van der Waals surface area contributed by atoms with Crippen molar-refractivity contribution in [3.05, 3.63) is 24.3 Å². The molecule has 0 aromatic heterocycles. The second-order valence-corrected chi connectivity index (χ2v) is 5.02. The fourth-order valence-electron chi connectivity index (χ4n) is 1.73. The zero-order valence-electron chi connectivity index (χ0n) is 11.7. The Morgan fingerprint density at radius 3 is 2.45 bits per heavy atom. The average Bonchev–Trinajstić information content (AvgIpc) is 2.37. The Kier molecular flexibility index (Phi) is 6.13. The Balaban J connectivity index is 2.65. The van der Waals surface area contributed by atoms with Crippen molar-refractivity contribution in [2.24, 2.45) is 17.6 Å². The van der Waals surface area contributed by atoms with Crippen molar-refractivity contribution in [1.82, 2.24) is 0 Å². The summed E-state index contributed by atoms with van der Waals surface area (Å²) in [6.07, 6.45) is -4.34. The topological polar surface area (TPSA) is 47.3 Å². The van der Waals surface area contributed by atoms with Gasteiger partial charge >= 0.3 is 6.18 Å². The lowest BCUT2D eigenvalue weighted by atomic mass is 9.96. The van der Waals surface area contributed by atoms with E-state index < -0.39 is 12.8 Å². The fourth-order valence-corrected chi connectivity index (χ4v) is 1.73. The second-order valence-electron chi connectivity index (χ2n) is 5.02. The smallest absolute Gasteiger partial charge is 0.422 e. The Morgan fingerprint density at radius 1 is 1.25 bits per heavy atom. The molecule has 1 atom stereocenters. The zero-order chi connectivity index (χ0) is 15.2. The predicted molar refractivity (Wildman–Crippen MR) is 73.9 cm³/mol. The van der Waals surface area contributed by atoms with E-state index in [1.54, 1.807) is 18.2 Å². The number of rotatable bonds is 7. The van der Waals surface area contributed by atoms with E-state index in [-0.39, 0.29) is 11.7 Å². The molecule has 6 heteroatoms. The van der Waals surface area contributed by atoms with E-state index in [9.17, 15) is 13.2 Å². The SMILES string of the molecule is CC(C)C(CN)CNc1ccccc1OCC(F)(F)F. The van der Waals surface area contributed by atoms with Crippen molar-refractivity contribution in [3.63, 3.8) is 0 Å². The Morgan fingerprint density at radius 2 is 1.90 bits per heavy atom. The van der Waals surface area contributed by atoms with Gasteiger partial charge < -0.3 is 15.8 Å². The molecule has 1 aromatic carbocycles. The van der Waals surface area contributed by atoms with Crippen molar-refractivity contribution < 1.29 is 17.9 Å². The minimum atomic E-state index is -4.34. The number of para-hydroxylation sites is 2. The first-order valence-electron chi connectivity index (χ1n) is 6.56. The van der Waals surface area contributed by atoms with E-state index >= 15 is 0 Å². The fraction of sp³-hybridized carbons (Fsp3) is 0.571. The number of halogens is 3. The van der Waals surface area contributed by atoms with Crippen molar-refractivity contribution in [1.29, 1.82) is 0 Å². The quantitative estimate of drug-likeness (QED) is 0.810. The van der Waals surface area contributed by atoms with Crippen LogP contribution in [0.25, 0.3) is 0 Å². The molecule has 0 saturated carbocycles. The molecule has 0 aliphatic heterocycles. The molecular formula is C14H21F3N2O. The maximum atomic E-state index is 12.2. The van der Waals surface area contributed by atoms with Crippen molar-refractivity contribution >= 4 is 5.69 Å². The van der Waals surface area contributed by atoms with Gasteiger partial charge in [-0.25, -0.2) is 0 Å². The van der Waals surface area contributed by atoms with E-state index in [2.05, 4.69) is 19.2 Å². The molecule has 3 nitrogen and oxygen atoms in total. The number of anilines is 1. The highest BCUT2D eigenvalue weighted by atomic mass is 19.4. The molecule has 1 rings (SSSR count). The molecular weight excluding hydrogens is 269 g/mol. The van der Waals surface area contributed by atoms with Crippen molar-refractivity contribution in [2.75, 3.05) is 25.0 Å². The molecule has 1 aromatic rings. The summed E-state index contributed by atoms with van der Waals surface area (Å²) in [5, 5.41) is 3.11. The first-order chi connectivity index (χ1) is 9.33. The van der Waals surface area contributed by atoms with Gasteiger partial charge in [0.05, 0.1) is 5.69 Å². The third-order valence-corrected chi connectivity index (χ3v) is 3.08. The number of alkyl halides is 3. The molecule has 1 unspecified atom stereocenters. The maximum absolute atomic E-state index is 12.2. The van der Waals surface area contributed by atoms with Gasteiger partial charge in [0.25, 0.3) is 0 Å². The summed E-state index contributed by atoms with van der Waals surface area (Å²) in [4.78, 5) is 0. The van der Waals surface area contributed by atoms with Gasteiger partial charge in [-0.2, -0.15) is 13.2 Å². The minimum absolute atomic E-state index is 0.198. The third-order valence-electron chi connectivity index (χ3n) is 3.08. The number of nitrogens with two attached hydrogens (primary N) is 1. The summed E-state index contributed by atoms with van der Waals surface area (Å²) < 4.78 is 41.4. The van der Waals surface area contributed by atoms with E-state index in [1.165, 1.54) is 6.07 Å². The van der Waals surface area contributed by atoms with Crippen LogP contribution in [0.2, 0.25) is 0 Å². The van der Waals surface area contributed by atoms with E-state index in [4.69, 9.17) is 10.5 Å². The van der Waals surface area contributed by atoms with Gasteiger partial charge in [0.1, 0.15) is 5.75 Å². The molecule has 0 aliphatic carbocycles. The van der Waals surface area contributed by atoms with Gasteiger partial charge in [0.2, 0.25) is 0 Å². The predicted octanol–water partition coefficient (Wildman–Crippen LogP) is 3.27. The van der Waals surface area contributed by atoms with E-state index in [0.717, 1.165) is 0 Å². The van der Waals surface area contributed by atoms with E-state index in [1.807, 2.05) is 0 Å². The normalized spacial score (nSPS) is 13.3. The lowest BCUT2D eigenvalue weighted by Gasteiger charge is -2.21. The summed E-state index contributed by atoms with van der Waals surface area (Å²) >= 11 is 0. The van der Waals surface area contributed by atoms with Gasteiger partial charge in [-0.15, -0.1) is 0 Å². The zero-order valence-corrected chi connectivity index (χ0v) is 11.7. The molecule has 114 valence electrons. The highest BCUT2D eigenvalue weighted by molar-refractivity contribution is 5.56. The lowest BCUT2D eigenvalue weighted by molar-refractivity contribution is -0.153. The highest BCUT2D eigenvalue weighted by Gasteiger charge is 2.28. The minimum Gasteiger partial charge on any atom is -0.482 e. The summed E-state index contributed by atoms with van der Waals surface area (Å²) in [7, 11) is 0. The van der Waals surface area contributed by atoms with E-state index in [0.29, 0.717) is 24.7 Å². The number of benzene rings is 1. The second kappa shape index (κ2) is 7.38. The molecule has 0 spiro atoms. The van der Waals surface area contributed by atoms with Crippen LogP contribution in [0.1, 0.15) is 13.8 Å². The number of nitrogens with one attached hydrogen (secondary N) is 1. The van der Waals surface area contributed by atoms with Crippen LogP contribution in [0.15, 0.2) is 24.3 Å². The highest BCUT2D eigenvalue weighted by Crippen LogP contribution is 2.26. The van der Waals surface area contributed by atoms with Crippen LogP contribution in [-0.4, -0.2) is 25.9 Å². The van der Waals surface area contributed by atoms with Crippen LogP contribution in [0, 0.1) is 11.8 Å². The molecule has 0 heterocycles. The number of hydrogen-bond donors (Lipinski definition) is 2. The molecule has 20 heavy (non-hydrogen) atoms. The van der Waals surface area contributed by atoms with Crippen LogP contribution >= 0.6 is 0 Å². The standard InChI is InChI=1S/C14H21F3N2O/c1-10(2)11(7-18)8-19-12-5-3-4-6-13(12)20-9-14(15,16)17/h3-6,10-11,19H,7-9,18H2,1-2H3. The maximum Gasteiger partial charge on any atom is 0.422 e. The van der Waals surface area contributed by atoms with Crippen LogP contribution in [-0.2, 0) is 0 Å². The first kappa shape index (κ1) is 16.6. The van der Waals surface area contributed by atoms with Gasteiger partial charge in [-0.3, -0.25) is 0 Å². The molecule has 0 saturated heterocycles. The first-order valence-corrected chi connectivity index (χ1v) is 6.56. The molecule has 0 radical (unpaired) electrons. The molecule has 0 bridgehead atoms. The average molecular weight is 290 g/mol. The molecule has 0 amide bonds. The lowest BCUT2D eigenvalue weighted by Crippen LogP contribution is -2.27. The Bertz CT molecular complexity index is 408. The number of ether oxygens (including phenoxy) is 1. The summed E-state index contributed by atoms with van der Waals surface area (Å²) in [5.74, 6) is 0.853. The van der Waals surface area contributed by atoms with Gasteiger partial charge in [0, 0.05) is 6.54 Å². The monoisotopic (exact) mass is 290 g/mol. The van der Waals surface area contributed by atoms with Crippen LogP contribution in [0.5, 0.6) is 5.75 Å². The molecule has 0 fully saturated rings. The van der Waals surface area contributed by atoms with Gasteiger partial charge in [0.15, 0.2) is 6.61 Å². The van der Waals surface area contributed by atoms with Gasteiger partial charge in [-0.05, 0) is 30.5 Å². The summed E-state index contributed by atoms with van der Waals surface area (Å²) in [5.41, 5.74) is 6.22. The summed E-state index contributed by atoms with van der Waals surface area (Å²) in [6, 6.07) is 6.59. The summed E-state index contributed by atoms with van der Waals surface area (Å²) in [6.45, 7) is 3.95. The van der Waals surface area contributed by atoms with Crippen LogP contribution < -0.4 is 15.8 Å². The van der Waals surface area contributed by atoms with Crippen molar-refractivity contribution in [3.8, 4) is 5.75 Å².